The molecule has 0 saturated carbocycles. The van der Waals surface area contributed by atoms with Gasteiger partial charge in [-0.3, -0.25) is 9.78 Å². The van der Waals surface area contributed by atoms with E-state index in [9.17, 15) is 14.7 Å². The molecule has 3 amide bonds. The van der Waals surface area contributed by atoms with E-state index in [0.29, 0.717) is 37.6 Å². The highest BCUT2D eigenvalue weighted by Crippen LogP contribution is 2.29. The fraction of sp³-hybridized carbons (Fsp3) is 0.579. The van der Waals surface area contributed by atoms with Crippen LogP contribution in [-0.2, 0) is 0 Å². The molecule has 3 aliphatic heterocycles. The SMILES string of the molecule is CC1C2NN=C(NC(=O)c3ccccn3)C2CN1C(=O)N1CCN[C@H](CCO)C1. The number of pyridine rings is 1. The predicted octanol–water partition coefficient (Wildman–Crippen LogP) is -0.807. The van der Waals surface area contributed by atoms with E-state index < -0.39 is 0 Å². The number of piperazine rings is 1. The number of aliphatic hydroxyl groups is 1. The first-order valence-electron chi connectivity index (χ1n) is 10.0. The Kier molecular flexibility index (Phi) is 5.63. The first-order valence-corrected chi connectivity index (χ1v) is 10.0. The zero-order valence-electron chi connectivity index (χ0n) is 16.4. The van der Waals surface area contributed by atoms with Gasteiger partial charge in [0.05, 0.1) is 18.0 Å². The van der Waals surface area contributed by atoms with Crippen molar-refractivity contribution in [1.82, 2.24) is 30.8 Å². The molecule has 4 heterocycles. The molecule has 1 aromatic heterocycles. The molecule has 0 spiro atoms. The topological polar surface area (TPSA) is 122 Å². The summed E-state index contributed by atoms with van der Waals surface area (Å²) < 4.78 is 0. The average Bonchev–Trinajstić information content (AvgIpc) is 3.29. The van der Waals surface area contributed by atoms with Crippen molar-refractivity contribution in [2.24, 2.45) is 11.0 Å². The van der Waals surface area contributed by atoms with Crippen LogP contribution in [0.3, 0.4) is 0 Å². The summed E-state index contributed by atoms with van der Waals surface area (Å²) in [5.41, 5.74) is 3.41. The highest BCUT2D eigenvalue weighted by molar-refractivity contribution is 6.07. The number of likely N-dealkylation sites (tertiary alicyclic amines) is 1. The van der Waals surface area contributed by atoms with Gasteiger partial charge in [-0.1, -0.05) is 6.07 Å². The lowest BCUT2D eigenvalue weighted by atomic mass is 10.0. The van der Waals surface area contributed by atoms with Gasteiger partial charge in [-0.25, -0.2) is 4.79 Å². The molecule has 4 rings (SSSR count). The normalized spacial score (nSPS) is 28.6. The maximum Gasteiger partial charge on any atom is 0.320 e. The molecular weight excluding hydrogens is 374 g/mol. The van der Waals surface area contributed by atoms with E-state index in [1.165, 1.54) is 0 Å². The number of rotatable bonds is 3. The number of urea groups is 1. The third kappa shape index (κ3) is 3.90. The van der Waals surface area contributed by atoms with E-state index in [2.05, 4.69) is 26.1 Å². The van der Waals surface area contributed by atoms with Gasteiger partial charge in [-0.05, 0) is 25.5 Å². The lowest BCUT2D eigenvalue weighted by molar-refractivity contribution is 0.0970. The Hall–Kier alpha value is -2.72. The number of nitrogens with zero attached hydrogens (tertiary/aromatic N) is 4. The van der Waals surface area contributed by atoms with Crippen LogP contribution in [0.15, 0.2) is 29.5 Å². The number of amides is 3. The number of hydrazone groups is 1. The summed E-state index contributed by atoms with van der Waals surface area (Å²) in [7, 11) is 0. The van der Waals surface area contributed by atoms with Gasteiger partial charge in [0.15, 0.2) is 0 Å². The average molecular weight is 401 g/mol. The minimum Gasteiger partial charge on any atom is -0.396 e. The van der Waals surface area contributed by atoms with Crippen LogP contribution in [0, 0.1) is 5.92 Å². The third-order valence-corrected chi connectivity index (χ3v) is 5.91. The van der Waals surface area contributed by atoms with E-state index in [-0.39, 0.29) is 42.6 Å². The molecule has 0 aromatic carbocycles. The number of carbonyl (C=O) groups is 2. The number of hydrogen-bond donors (Lipinski definition) is 4. The van der Waals surface area contributed by atoms with E-state index in [4.69, 9.17) is 0 Å². The summed E-state index contributed by atoms with van der Waals surface area (Å²) in [6.45, 7) is 4.54. The zero-order chi connectivity index (χ0) is 20.4. The minimum atomic E-state index is -0.307. The molecule has 29 heavy (non-hydrogen) atoms. The predicted molar refractivity (Wildman–Crippen MR) is 106 cm³/mol. The number of hydrogen-bond acceptors (Lipinski definition) is 7. The van der Waals surface area contributed by atoms with Gasteiger partial charge in [0.2, 0.25) is 0 Å². The second-order valence-electron chi connectivity index (χ2n) is 7.71. The van der Waals surface area contributed by atoms with E-state index in [1.54, 1.807) is 24.4 Å². The Labute approximate surface area is 169 Å². The zero-order valence-corrected chi connectivity index (χ0v) is 16.4. The standard InChI is InChI=1S/C19H27N7O3/c1-12-16-14(17(24-23-16)22-18(28)15-4-2-3-6-21-15)11-26(12)19(29)25-8-7-20-13(10-25)5-9-27/h2-4,6,12-14,16,20,23,27H,5,7-11H2,1H3,(H,22,24,28)/t12?,13-,14?,16?/m1/s1. The van der Waals surface area contributed by atoms with Crippen molar-refractivity contribution in [2.45, 2.75) is 31.5 Å². The van der Waals surface area contributed by atoms with Crippen LogP contribution in [-0.4, -0.2) is 88.6 Å². The summed E-state index contributed by atoms with van der Waals surface area (Å²) >= 11 is 0. The van der Waals surface area contributed by atoms with Crippen LogP contribution in [0.1, 0.15) is 23.8 Å². The lowest BCUT2D eigenvalue weighted by Crippen LogP contribution is -2.57. The number of aliphatic hydroxyl groups excluding tert-OH is 1. The van der Waals surface area contributed by atoms with Crippen LogP contribution >= 0.6 is 0 Å². The van der Waals surface area contributed by atoms with E-state index >= 15 is 0 Å². The quantitative estimate of drug-likeness (QED) is 0.526. The molecule has 10 nitrogen and oxygen atoms in total. The Bertz CT molecular complexity index is 785. The molecule has 3 unspecified atom stereocenters. The summed E-state index contributed by atoms with van der Waals surface area (Å²) in [6.07, 6.45) is 2.20. The Balaban J connectivity index is 1.40. The van der Waals surface area contributed by atoms with Crippen LogP contribution in [0.5, 0.6) is 0 Å². The van der Waals surface area contributed by atoms with Gasteiger partial charge in [0.1, 0.15) is 11.5 Å². The third-order valence-electron chi connectivity index (χ3n) is 5.91. The molecule has 1 aromatic rings. The molecule has 3 aliphatic rings. The summed E-state index contributed by atoms with van der Waals surface area (Å²) in [6, 6.07) is 5.19. The Morgan fingerprint density at radius 3 is 2.97 bits per heavy atom. The van der Waals surface area contributed by atoms with Crippen molar-refractivity contribution in [3.8, 4) is 0 Å². The van der Waals surface area contributed by atoms with Crippen molar-refractivity contribution >= 4 is 17.8 Å². The first-order chi connectivity index (χ1) is 14.1. The molecule has 10 heteroatoms. The van der Waals surface area contributed by atoms with Crippen LogP contribution in [0.4, 0.5) is 4.79 Å². The molecule has 156 valence electrons. The number of aromatic nitrogens is 1. The summed E-state index contributed by atoms with van der Waals surface area (Å²) in [5, 5.41) is 19.7. The van der Waals surface area contributed by atoms with Crippen molar-refractivity contribution in [2.75, 3.05) is 32.8 Å². The fourth-order valence-corrected chi connectivity index (χ4v) is 4.28. The molecule has 0 radical (unpaired) electrons. The number of amidine groups is 1. The molecule has 4 atom stereocenters. The fourth-order valence-electron chi connectivity index (χ4n) is 4.28. The van der Waals surface area contributed by atoms with Crippen molar-refractivity contribution in [3.05, 3.63) is 30.1 Å². The first kappa shape index (κ1) is 19.6. The second kappa shape index (κ2) is 8.34. The van der Waals surface area contributed by atoms with Gasteiger partial charge in [-0.2, -0.15) is 5.10 Å². The van der Waals surface area contributed by atoms with E-state index in [1.807, 2.05) is 16.7 Å². The molecule has 4 N–H and O–H groups in total. The smallest absolute Gasteiger partial charge is 0.320 e. The van der Waals surface area contributed by atoms with Crippen molar-refractivity contribution in [1.29, 1.82) is 0 Å². The van der Waals surface area contributed by atoms with Crippen LogP contribution in [0.25, 0.3) is 0 Å². The van der Waals surface area contributed by atoms with Gasteiger partial charge in [0.25, 0.3) is 5.91 Å². The molecule has 0 bridgehead atoms. The van der Waals surface area contributed by atoms with Crippen LogP contribution in [0.2, 0.25) is 0 Å². The van der Waals surface area contributed by atoms with Gasteiger partial charge in [0, 0.05) is 45.0 Å². The van der Waals surface area contributed by atoms with Gasteiger partial charge in [-0.15, -0.1) is 0 Å². The number of carbonyl (C=O) groups excluding carboxylic acids is 2. The molecular formula is C19H27N7O3. The Morgan fingerprint density at radius 1 is 1.34 bits per heavy atom. The van der Waals surface area contributed by atoms with Crippen LogP contribution < -0.4 is 16.1 Å². The minimum absolute atomic E-state index is 0.00598. The Morgan fingerprint density at radius 2 is 2.21 bits per heavy atom. The van der Waals surface area contributed by atoms with Crippen molar-refractivity contribution < 1.29 is 14.7 Å². The monoisotopic (exact) mass is 401 g/mol. The maximum absolute atomic E-state index is 13.1. The number of fused-ring (bicyclic) bond motifs is 1. The molecule has 2 fully saturated rings. The van der Waals surface area contributed by atoms with Gasteiger partial charge < -0.3 is 31.0 Å². The van der Waals surface area contributed by atoms with Gasteiger partial charge >= 0.3 is 6.03 Å². The van der Waals surface area contributed by atoms with E-state index in [0.717, 1.165) is 6.54 Å². The van der Waals surface area contributed by atoms with Crippen molar-refractivity contribution in [3.63, 3.8) is 0 Å². The second-order valence-corrected chi connectivity index (χ2v) is 7.71. The number of nitrogens with one attached hydrogen (secondary N) is 3. The lowest BCUT2D eigenvalue weighted by Gasteiger charge is -2.37. The summed E-state index contributed by atoms with van der Waals surface area (Å²) in [5.74, 6) is 0.169. The summed E-state index contributed by atoms with van der Waals surface area (Å²) in [4.78, 5) is 33.3. The largest absolute Gasteiger partial charge is 0.396 e. The highest BCUT2D eigenvalue weighted by atomic mass is 16.3. The molecule has 0 aliphatic carbocycles. The molecule has 2 saturated heterocycles. The maximum atomic E-state index is 13.1. The highest BCUT2D eigenvalue weighted by Gasteiger charge is 2.48.